The van der Waals surface area contributed by atoms with Gasteiger partial charge in [-0.05, 0) is 12.3 Å². The predicted octanol–water partition coefficient (Wildman–Crippen LogP) is 1.99. The Morgan fingerprint density at radius 1 is 1.50 bits per heavy atom. The van der Waals surface area contributed by atoms with Crippen LogP contribution in [0.4, 0.5) is 5.82 Å². The highest BCUT2D eigenvalue weighted by atomic mass is 32.1. The lowest BCUT2D eigenvalue weighted by atomic mass is 10.1. The van der Waals surface area contributed by atoms with Crippen molar-refractivity contribution >= 4 is 28.2 Å². The first-order valence-corrected chi connectivity index (χ1v) is 6.66. The Labute approximate surface area is 108 Å². The van der Waals surface area contributed by atoms with Gasteiger partial charge in [-0.15, -0.1) is 11.3 Å². The average Bonchev–Trinajstić information content (AvgIpc) is 2.98. The molecule has 3 heterocycles. The molecule has 94 valence electrons. The summed E-state index contributed by atoms with van der Waals surface area (Å²) in [4.78, 5) is 4.26. The summed E-state index contributed by atoms with van der Waals surface area (Å²) in [5, 5.41) is 15.3. The molecule has 0 fully saturated rings. The lowest BCUT2D eigenvalue weighted by molar-refractivity contribution is 0.630. The number of hydrogen-bond donors (Lipinski definition) is 2. The third kappa shape index (κ3) is 1.67. The lowest BCUT2D eigenvalue weighted by Crippen LogP contribution is -2.00. The number of fused-ring (bicyclic) bond motifs is 1. The predicted molar refractivity (Wildman–Crippen MR) is 71.8 cm³/mol. The second-order valence-electron chi connectivity index (χ2n) is 4.61. The Balaban J connectivity index is 2.22. The molecule has 0 radical (unpaired) electrons. The van der Waals surface area contributed by atoms with Crippen LogP contribution < -0.4 is 5.73 Å². The van der Waals surface area contributed by atoms with Crippen LogP contribution >= 0.6 is 11.3 Å². The Hall–Kier alpha value is -1.89. The Kier molecular flexibility index (Phi) is 2.55. The Morgan fingerprint density at radius 3 is 3.00 bits per heavy atom. The summed E-state index contributed by atoms with van der Waals surface area (Å²) in [6, 6.07) is 0. The van der Waals surface area contributed by atoms with E-state index in [9.17, 15) is 0 Å². The molecule has 0 saturated carbocycles. The standard InChI is InChI=1S/C11H14N6S/c1-6(2)5-7-8-9(12)14-15-10(8)17(16-7)11-13-3-4-18-11/h3-4,6H,5H2,1-2H3,(H3,12,14,15). The number of thiazole rings is 1. The van der Waals surface area contributed by atoms with Crippen molar-refractivity contribution in [1.82, 2.24) is 25.0 Å². The molecule has 3 aromatic rings. The van der Waals surface area contributed by atoms with Gasteiger partial charge in [0.25, 0.3) is 0 Å². The molecular weight excluding hydrogens is 248 g/mol. The minimum Gasteiger partial charge on any atom is -0.383 e. The fourth-order valence-corrected chi connectivity index (χ4v) is 2.58. The molecule has 0 amide bonds. The molecule has 0 aliphatic carbocycles. The number of anilines is 1. The summed E-state index contributed by atoms with van der Waals surface area (Å²) in [5.74, 6) is 1.09. The lowest BCUT2D eigenvalue weighted by Gasteiger charge is -2.00. The van der Waals surface area contributed by atoms with Crippen molar-refractivity contribution < 1.29 is 0 Å². The smallest absolute Gasteiger partial charge is 0.212 e. The first kappa shape index (κ1) is 11.2. The molecular formula is C11H14N6S. The van der Waals surface area contributed by atoms with Crippen LogP contribution in [0.3, 0.4) is 0 Å². The molecule has 0 atom stereocenters. The number of nitrogens with two attached hydrogens (primary N) is 1. The Bertz CT molecular complexity index is 663. The molecule has 0 unspecified atom stereocenters. The summed E-state index contributed by atoms with van der Waals surface area (Å²) in [7, 11) is 0. The SMILES string of the molecule is CC(C)Cc1nn(-c2nccs2)c2n[nH]c(N)c12. The van der Waals surface area contributed by atoms with Crippen molar-refractivity contribution in [2.75, 3.05) is 5.73 Å². The molecule has 18 heavy (non-hydrogen) atoms. The number of nitrogens with one attached hydrogen (secondary N) is 1. The third-order valence-electron chi connectivity index (χ3n) is 2.69. The molecule has 0 bridgehead atoms. The largest absolute Gasteiger partial charge is 0.383 e. The number of aromatic nitrogens is 5. The van der Waals surface area contributed by atoms with Crippen molar-refractivity contribution in [3.8, 4) is 5.13 Å². The zero-order valence-electron chi connectivity index (χ0n) is 10.2. The van der Waals surface area contributed by atoms with Gasteiger partial charge in [-0.1, -0.05) is 13.8 Å². The highest BCUT2D eigenvalue weighted by Crippen LogP contribution is 2.27. The molecule has 6 nitrogen and oxygen atoms in total. The molecule has 3 N–H and O–H groups in total. The minimum atomic E-state index is 0.516. The molecule has 0 aliphatic heterocycles. The van der Waals surface area contributed by atoms with Crippen LogP contribution in [0.15, 0.2) is 11.6 Å². The van der Waals surface area contributed by atoms with Gasteiger partial charge in [-0.3, -0.25) is 5.10 Å². The molecule has 0 aliphatic rings. The number of H-pyrrole nitrogens is 1. The van der Waals surface area contributed by atoms with E-state index in [0.717, 1.165) is 28.3 Å². The highest BCUT2D eigenvalue weighted by Gasteiger charge is 2.19. The van der Waals surface area contributed by atoms with Crippen molar-refractivity contribution in [2.24, 2.45) is 5.92 Å². The quantitative estimate of drug-likeness (QED) is 0.755. The van der Waals surface area contributed by atoms with Gasteiger partial charge in [0.1, 0.15) is 5.82 Å². The van der Waals surface area contributed by atoms with Gasteiger partial charge in [0.2, 0.25) is 5.13 Å². The van der Waals surface area contributed by atoms with E-state index < -0.39 is 0 Å². The van der Waals surface area contributed by atoms with Crippen LogP contribution in [-0.4, -0.2) is 25.0 Å². The summed E-state index contributed by atoms with van der Waals surface area (Å²) in [6.07, 6.45) is 2.63. The van der Waals surface area contributed by atoms with Crippen LogP contribution in [0.5, 0.6) is 0 Å². The molecule has 0 aromatic carbocycles. The van der Waals surface area contributed by atoms with E-state index in [4.69, 9.17) is 5.73 Å². The number of rotatable bonds is 3. The van der Waals surface area contributed by atoms with Gasteiger partial charge in [0.15, 0.2) is 5.65 Å². The zero-order chi connectivity index (χ0) is 12.7. The minimum absolute atomic E-state index is 0.516. The highest BCUT2D eigenvalue weighted by molar-refractivity contribution is 7.12. The number of nitrogens with zero attached hydrogens (tertiary/aromatic N) is 4. The maximum Gasteiger partial charge on any atom is 0.212 e. The maximum atomic E-state index is 5.93. The van der Waals surface area contributed by atoms with Crippen LogP contribution in [0.1, 0.15) is 19.5 Å². The Morgan fingerprint density at radius 2 is 2.33 bits per heavy atom. The van der Waals surface area contributed by atoms with Crippen molar-refractivity contribution in [2.45, 2.75) is 20.3 Å². The normalized spacial score (nSPS) is 11.7. The molecule has 3 rings (SSSR count). The summed E-state index contributed by atoms with van der Waals surface area (Å²) >= 11 is 1.53. The van der Waals surface area contributed by atoms with Crippen molar-refractivity contribution in [1.29, 1.82) is 0 Å². The van der Waals surface area contributed by atoms with Gasteiger partial charge in [-0.25, -0.2) is 4.98 Å². The number of hydrogen-bond acceptors (Lipinski definition) is 5. The van der Waals surface area contributed by atoms with Gasteiger partial charge < -0.3 is 5.73 Å². The first-order chi connectivity index (χ1) is 8.66. The number of nitrogen functional groups attached to an aromatic ring is 1. The van der Waals surface area contributed by atoms with Crippen LogP contribution in [0, 0.1) is 5.92 Å². The van der Waals surface area contributed by atoms with E-state index >= 15 is 0 Å². The monoisotopic (exact) mass is 262 g/mol. The van der Waals surface area contributed by atoms with Gasteiger partial charge in [0.05, 0.1) is 11.1 Å². The summed E-state index contributed by atoms with van der Waals surface area (Å²) < 4.78 is 1.75. The first-order valence-electron chi connectivity index (χ1n) is 5.78. The molecule has 3 aromatic heterocycles. The third-order valence-corrected chi connectivity index (χ3v) is 3.43. The van der Waals surface area contributed by atoms with E-state index in [1.165, 1.54) is 11.3 Å². The second kappa shape index (κ2) is 4.09. The molecule has 7 heteroatoms. The van der Waals surface area contributed by atoms with Crippen LogP contribution in [0.2, 0.25) is 0 Å². The van der Waals surface area contributed by atoms with Gasteiger partial charge in [-0.2, -0.15) is 14.9 Å². The summed E-state index contributed by atoms with van der Waals surface area (Å²) in [5.41, 5.74) is 7.65. The average molecular weight is 262 g/mol. The fraction of sp³-hybridized carbons (Fsp3) is 0.364. The number of aromatic amines is 1. The van der Waals surface area contributed by atoms with E-state index in [0.29, 0.717) is 11.7 Å². The van der Waals surface area contributed by atoms with E-state index in [1.54, 1.807) is 10.9 Å². The van der Waals surface area contributed by atoms with Crippen molar-refractivity contribution in [3.63, 3.8) is 0 Å². The second-order valence-corrected chi connectivity index (χ2v) is 5.48. The van der Waals surface area contributed by atoms with Crippen LogP contribution in [-0.2, 0) is 6.42 Å². The van der Waals surface area contributed by atoms with E-state index in [-0.39, 0.29) is 0 Å². The topological polar surface area (TPSA) is 85.4 Å². The van der Waals surface area contributed by atoms with E-state index in [2.05, 4.69) is 34.1 Å². The van der Waals surface area contributed by atoms with Crippen LogP contribution in [0.25, 0.3) is 16.2 Å². The van der Waals surface area contributed by atoms with Crippen molar-refractivity contribution in [3.05, 3.63) is 17.3 Å². The van der Waals surface area contributed by atoms with Gasteiger partial charge in [0, 0.05) is 11.6 Å². The van der Waals surface area contributed by atoms with E-state index in [1.807, 2.05) is 5.38 Å². The summed E-state index contributed by atoms with van der Waals surface area (Å²) in [6.45, 7) is 4.31. The maximum absolute atomic E-state index is 5.93. The zero-order valence-corrected chi connectivity index (χ0v) is 11.0. The molecule has 0 spiro atoms. The van der Waals surface area contributed by atoms with Gasteiger partial charge >= 0.3 is 0 Å². The fourth-order valence-electron chi connectivity index (χ4n) is 1.98. The molecule has 0 saturated heterocycles.